The van der Waals surface area contributed by atoms with E-state index in [-0.39, 0.29) is 5.91 Å². The zero-order valence-corrected chi connectivity index (χ0v) is 12.4. The van der Waals surface area contributed by atoms with Crippen molar-refractivity contribution in [2.45, 2.75) is 30.5 Å². The van der Waals surface area contributed by atoms with Crippen LogP contribution in [-0.4, -0.2) is 38.4 Å². The van der Waals surface area contributed by atoms with E-state index in [1.54, 1.807) is 0 Å². The molecule has 6 nitrogen and oxygen atoms in total. The van der Waals surface area contributed by atoms with E-state index in [0.717, 1.165) is 24.4 Å². The van der Waals surface area contributed by atoms with Crippen LogP contribution in [0.25, 0.3) is 0 Å². The summed E-state index contributed by atoms with van der Waals surface area (Å²) >= 11 is 1.39. The minimum absolute atomic E-state index is 0.0151. The number of amides is 1. The summed E-state index contributed by atoms with van der Waals surface area (Å²) in [5.41, 5.74) is 1.23. The Labute approximate surface area is 127 Å². The molecular formula is C14H17N5OS. The molecule has 0 radical (unpaired) electrons. The van der Waals surface area contributed by atoms with Gasteiger partial charge in [-0.2, -0.15) is 0 Å². The van der Waals surface area contributed by atoms with Crippen LogP contribution in [-0.2, 0) is 11.2 Å². The highest BCUT2D eigenvalue weighted by Gasteiger charge is 2.28. The van der Waals surface area contributed by atoms with Crippen molar-refractivity contribution < 1.29 is 4.79 Å². The fraction of sp³-hybridized carbons (Fsp3) is 0.429. The molecule has 0 aliphatic heterocycles. The normalized spacial score (nSPS) is 14.1. The van der Waals surface area contributed by atoms with Gasteiger partial charge < -0.3 is 5.32 Å². The summed E-state index contributed by atoms with van der Waals surface area (Å²) < 4.78 is 1.82. The zero-order chi connectivity index (χ0) is 14.5. The summed E-state index contributed by atoms with van der Waals surface area (Å²) in [5, 5.41) is 15.2. The molecule has 1 saturated carbocycles. The molecule has 0 spiro atoms. The number of carbonyl (C=O) groups is 1. The van der Waals surface area contributed by atoms with Gasteiger partial charge in [0.15, 0.2) is 0 Å². The first kappa shape index (κ1) is 14.1. The number of nitrogens with zero attached hydrogens (tertiary/aromatic N) is 4. The number of tetrazole rings is 1. The number of thioether (sulfide) groups is 1. The molecule has 1 aromatic carbocycles. The molecule has 21 heavy (non-hydrogen) atoms. The van der Waals surface area contributed by atoms with E-state index in [2.05, 4.69) is 33.0 Å². The quantitative estimate of drug-likeness (QED) is 0.784. The molecule has 0 saturated heterocycles. The third kappa shape index (κ3) is 4.04. The maximum Gasteiger partial charge on any atom is 0.230 e. The lowest BCUT2D eigenvalue weighted by Gasteiger charge is -2.05. The molecule has 0 unspecified atom stereocenters. The first-order valence-electron chi connectivity index (χ1n) is 7.04. The molecule has 0 atom stereocenters. The zero-order valence-electron chi connectivity index (χ0n) is 11.6. The van der Waals surface area contributed by atoms with E-state index in [0.29, 0.717) is 18.3 Å². The Balaban J connectivity index is 1.39. The highest BCUT2D eigenvalue weighted by molar-refractivity contribution is 7.99. The number of hydrogen-bond acceptors (Lipinski definition) is 5. The van der Waals surface area contributed by atoms with Gasteiger partial charge in [0.25, 0.3) is 0 Å². The van der Waals surface area contributed by atoms with Crippen molar-refractivity contribution >= 4 is 17.7 Å². The standard InChI is InChI=1S/C14H17N5OS/c20-13(15-9-8-11-4-2-1-3-5-11)10-21-14-16-17-18-19(14)12-6-7-12/h1-5,12H,6-10H2,(H,15,20). The van der Waals surface area contributed by atoms with E-state index in [4.69, 9.17) is 0 Å². The largest absolute Gasteiger partial charge is 0.355 e. The molecule has 1 aromatic heterocycles. The van der Waals surface area contributed by atoms with Crippen LogP contribution < -0.4 is 5.32 Å². The van der Waals surface area contributed by atoms with Crippen LogP contribution in [0.2, 0.25) is 0 Å². The van der Waals surface area contributed by atoms with Gasteiger partial charge in [0, 0.05) is 6.54 Å². The Morgan fingerprint density at radius 3 is 2.90 bits per heavy atom. The van der Waals surface area contributed by atoms with Gasteiger partial charge in [-0.05, 0) is 35.3 Å². The third-order valence-corrected chi connectivity index (χ3v) is 4.20. The molecule has 2 aromatic rings. The molecule has 1 N–H and O–H groups in total. The summed E-state index contributed by atoms with van der Waals surface area (Å²) in [7, 11) is 0. The summed E-state index contributed by atoms with van der Waals surface area (Å²) in [4.78, 5) is 11.8. The van der Waals surface area contributed by atoms with Crippen LogP contribution in [0, 0.1) is 0 Å². The predicted octanol–water partition coefficient (Wildman–Crippen LogP) is 1.46. The molecule has 1 fully saturated rings. The van der Waals surface area contributed by atoms with E-state index < -0.39 is 0 Å². The Hall–Kier alpha value is -1.89. The smallest absolute Gasteiger partial charge is 0.230 e. The van der Waals surface area contributed by atoms with Crippen molar-refractivity contribution in [1.29, 1.82) is 0 Å². The lowest BCUT2D eigenvalue weighted by molar-refractivity contribution is -0.118. The van der Waals surface area contributed by atoms with Gasteiger partial charge in [-0.15, -0.1) is 5.10 Å². The number of nitrogens with one attached hydrogen (secondary N) is 1. The van der Waals surface area contributed by atoms with Crippen LogP contribution in [0.1, 0.15) is 24.4 Å². The number of rotatable bonds is 7. The molecule has 3 rings (SSSR count). The number of carbonyl (C=O) groups excluding carboxylic acids is 1. The first-order chi connectivity index (χ1) is 10.3. The Morgan fingerprint density at radius 1 is 1.33 bits per heavy atom. The fourth-order valence-corrected chi connectivity index (χ4v) is 2.78. The average molecular weight is 303 g/mol. The van der Waals surface area contributed by atoms with Gasteiger partial charge in [-0.25, -0.2) is 4.68 Å². The van der Waals surface area contributed by atoms with Crippen LogP contribution in [0.4, 0.5) is 0 Å². The minimum Gasteiger partial charge on any atom is -0.355 e. The number of benzene rings is 1. The van der Waals surface area contributed by atoms with Crippen molar-refractivity contribution in [2.24, 2.45) is 0 Å². The minimum atomic E-state index is 0.0151. The molecule has 1 amide bonds. The number of aromatic nitrogens is 4. The van der Waals surface area contributed by atoms with E-state index in [9.17, 15) is 4.79 Å². The number of hydrogen-bond donors (Lipinski definition) is 1. The van der Waals surface area contributed by atoms with Crippen molar-refractivity contribution in [3.8, 4) is 0 Å². The summed E-state index contributed by atoms with van der Waals surface area (Å²) in [6, 6.07) is 10.6. The van der Waals surface area contributed by atoms with Gasteiger partial charge in [0.05, 0.1) is 11.8 Å². The van der Waals surface area contributed by atoms with Gasteiger partial charge in [-0.3, -0.25) is 4.79 Å². The fourth-order valence-electron chi connectivity index (χ4n) is 2.00. The maximum atomic E-state index is 11.8. The highest BCUT2D eigenvalue weighted by Crippen LogP contribution is 2.36. The van der Waals surface area contributed by atoms with Crippen LogP contribution in [0.15, 0.2) is 35.5 Å². The van der Waals surface area contributed by atoms with E-state index >= 15 is 0 Å². The molecule has 7 heteroatoms. The molecule has 0 bridgehead atoms. The Kier molecular flexibility index (Phi) is 4.49. The van der Waals surface area contributed by atoms with Gasteiger partial charge in [-0.1, -0.05) is 42.1 Å². The lowest BCUT2D eigenvalue weighted by Crippen LogP contribution is -2.27. The van der Waals surface area contributed by atoms with Crippen LogP contribution in [0.3, 0.4) is 0 Å². The summed E-state index contributed by atoms with van der Waals surface area (Å²) in [6.07, 6.45) is 3.10. The first-order valence-corrected chi connectivity index (χ1v) is 8.03. The van der Waals surface area contributed by atoms with Gasteiger partial charge in [0.1, 0.15) is 0 Å². The maximum absolute atomic E-state index is 11.8. The van der Waals surface area contributed by atoms with Crippen molar-refractivity contribution in [2.75, 3.05) is 12.3 Å². The van der Waals surface area contributed by atoms with Gasteiger partial charge >= 0.3 is 0 Å². The molecule has 1 aliphatic rings. The predicted molar refractivity (Wildman–Crippen MR) is 80.0 cm³/mol. The van der Waals surface area contributed by atoms with E-state index in [1.807, 2.05) is 22.9 Å². The second-order valence-corrected chi connectivity index (χ2v) is 5.95. The average Bonchev–Trinajstić information content (AvgIpc) is 3.25. The SMILES string of the molecule is O=C(CSc1nnnn1C1CC1)NCCc1ccccc1. The van der Waals surface area contributed by atoms with Crippen molar-refractivity contribution in [1.82, 2.24) is 25.5 Å². The second kappa shape index (κ2) is 6.71. The van der Waals surface area contributed by atoms with Crippen LogP contribution >= 0.6 is 11.8 Å². The molecular weight excluding hydrogens is 286 g/mol. The van der Waals surface area contributed by atoms with Crippen molar-refractivity contribution in [3.63, 3.8) is 0 Å². The summed E-state index contributed by atoms with van der Waals surface area (Å²) in [6.45, 7) is 0.650. The third-order valence-electron chi connectivity index (χ3n) is 3.27. The van der Waals surface area contributed by atoms with Crippen LogP contribution in [0.5, 0.6) is 0 Å². The molecule has 1 aliphatic carbocycles. The summed E-state index contributed by atoms with van der Waals surface area (Å²) in [5.74, 6) is 0.364. The molecule has 1 heterocycles. The topological polar surface area (TPSA) is 72.7 Å². The van der Waals surface area contributed by atoms with E-state index in [1.165, 1.54) is 17.3 Å². The molecule has 110 valence electrons. The van der Waals surface area contributed by atoms with Crippen molar-refractivity contribution in [3.05, 3.63) is 35.9 Å². The second-order valence-electron chi connectivity index (χ2n) is 5.01. The van der Waals surface area contributed by atoms with Gasteiger partial charge in [0.2, 0.25) is 11.1 Å². The Bertz CT molecular complexity index is 596. The Morgan fingerprint density at radius 2 is 2.14 bits per heavy atom. The lowest BCUT2D eigenvalue weighted by atomic mass is 10.1. The monoisotopic (exact) mass is 303 g/mol. The highest BCUT2D eigenvalue weighted by atomic mass is 32.2.